The predicted octanol–water partition coefficient (Wildman–Crippen LogP) is -0.269. The van der Waals surface area contributed by atoms with E-state index in [9.17, 15) is 9.59 Å². The smallest absolute Gasteiger partial charge is 0.367 e. The molecular formula is C6H4N2O3. The van der Waals surface area contributed by atoms with Crippen molar-refractivity contribution in [3.63, 3.8) is 0 Å². The third-order valence-electron chi connectivity index (χ3n) is 1.51. The first kappa shape index (κ1) is 6.09. The van der Waals surface area contributed by atoms with Crippen LogP contribution >= 0.6 is 0 Å². The Morgan fingerprint density at radius 2 is 2.18 bits per heavy atom. The van der Waals surface area contributed by atoms with E-state index in [1.165, 1.54) is 10.9 Å². The molecule has 0 aliphatic carbocycles. The molecule has 1 aromatic heterocycles. The van der Waals surface area contributed by atoms with Gasteiger partial charge in [0, 0.05) is 7.05 Å². The molecule has 1 aromatic rings. The highest BCUT2D eigenvalue weighted by atomic mass is 16.6. The molecule has 1 aliphatic heterocycles. The van der Waals surface area contributed by atoms with Gasteiger partial charge in [-0.15, -0.1) is 0 Å². The van der Waals surface area contributed by atoms with Gasteiger partial charge in [-0.2, -0.15) is 0 Å². The first-order valence-corrected chi connectivity index (χ1v) is 2.98. The molecule has 5 heteroatoms. The van der Waals surface area contributed by atoms with E-state index in [4.69, 9.17) is 0 Å². The standard InChI is InChI=1S/C6H4N2O3/c1-8-2-7-3-4(8)6(10)11-5(3)9/h2H,1H3. The highest BCUT2D eigenvalue weighted by Gasteiger charge is 2.34. The largest absolute Gasteiger partial charge is 0.383 e. The lowest BCUT2D eigenvalue weighted by molar-refractivity contribution is 0.0436. The second kappa shape index (κ2) is 1.69. The van der Waals surface area contributed by atoms with Gasteiger partial charge in [-0.05, 0) is 0 Å². The van der Waals surface area contributed by atoms with E-state index < -0.39 is 11.9 Å². The number of cyclic esters (lactones) is 2. The summed E-state index contributed by atoms with van der Waals surface area (Å²) < 4.78 is 5.75. The Balaban J connectivity index is 2.72. The highest BCUT2D eigenvalue weighted by Crippen LogP contribution is 2.16. The van der Waals surface area contributed by atoms with Crippen molar-refractivity contribution in [3.8, 4) is 0 Å². The molecule has 0 bridgehead atoms. The molecule has 2 heterocycles. The summed E-state index contributed by atoms with van der Waals surface area (Å²) in [5, 5.41) is 0. The molecule has 56 valence electrons. The quantitative estimate of drug-likeness (QED) is 0.379. The molecule has 0 aromatic carbocycles. The second-order valence-electron chi connectivity index (χ2n) is 2.23. The number of aryl methyl sites for hydroxylation is 1. The molecule has 0 radical (unpaired) electrons. The number of hydrogen-bond donors (Lipinski definition) is 0. The van der Waals surface area contributed by atoms with E-state index in [0.29, 0.717) is 0 Å². The van der Waals surface area contributed by atoms with Crippen LogP contribution in [-0.4, -0.2) is 21.5 Å². The van der Waals surface area contributed by atoms with Gasteiger partial charge in [0.15, 0.2) is 11.4 Å². The number of hydrogen-bond acceptors (Lipinski definition) is 4. The molecular weight excluding hydrogens is 148 g/mol. The van der Waals surface area contributed by atoms with Crippen molar-refractivity contribution in [2.45, 2.75) is 0 Å². The lowest BCUT2D eigenvalue weighted by Gasteiger charge is -1.90. The first-order valence-electron chi connectivity index (χ1n) is 2.98. The fraction of sp³-hybridized carbons (Fsp3) is 0.167. The molecule has 0 unspecified atom stereocenters. The minimum atomic E-state index is -0.661. The van der Waals surface area contributed by atoms with Crippen LogP contribution in [-0.2, 0) is 11.8 Å². The van der Waals surface area contributed by atoms with Crippen LogP contribution in [0.15, 0.2) is 6.33 Å². The van der Waals surface area contributed by atoms with Crippen molar-refractivity contribution in [3.05, 3.63) is 17.7 Å². The normalized spacial score (nSPS) is 15.0. The minimum Gasteiger partial charge on any atom is -0.383 e. The third kappa shape index (κ3) is 0.618. The van der Waals surface area contributed by atoms with Crippen LogP contribution in [0, 0.1) is 0 Å². The van der Waals surface area contributed by atoms with E-state index in [1.807, 2.05) is 0 Å². The van der Waals surface area contributed by atoms with E-state index in [1.54, 1.807) is 7.05 Å². The molecule has 11 heavy (non-hydrogen) atoms. The zero-order valence-electron chi connectivity index (χ0n) is 5.70. The Labute approximate surface area is 61.6 Å². The Kier molecular flexibility index (Phi) is 0.934. The Hall–Kier alpha value is -1.65. The first-order chi connectivity index (χ1) is 5.20. The summed E-state index contributed by atoms with van der Waals surface area (Å²) in [6.45, 7) is 0. The topological polar surface area (TPSA) is 61.2 Å². The van der Waals surface area contributed by atoms with Crippen molar-refractivity contribution in [2.24, 2.45) is 7.05 Å². The van der Waals surface area contributed by atoms with Crippen LogP contribution in [0.2, 0.25) is 0 Å². The summed E-state index contributed by atoms with van der Waals surface area (Å²) >= 11 is 0. The van der Waals surface area contributed by atoms with Gasteiger partial charge in [0.25, 0.3) is 0 Å². The summed E-state index contributed by atoms with van der Waals surface area (Å²) in [5.41, 5.74) is 0.340. The maximum Gasteiger partial charge on any atom is 0.367 e. The number of nitrogens with zero attached hydrogens (tertiary/aromatic N) is 2. The van der Waals surface area contributed by atoms with Crippen molar-refractivity contribution in [1.82, 2.24) is 9.55 Å². The number of carbonyl (C=O) groups excluding carboxylic acids is 2. The molecule has 2 rings (SSSR count). The molecule has 0 spiro atoms. The van der Waals surface area contributed by atoms with E-state index in [0.717, 1.165) is 0 Å². The number of carbonyl (C=O) groups is 2. The second-order valence-corrected chi connectivity index (χ2v) is 2.23. The van der Waals surface area contributed by atoms with Crippen LogP contribution in [0.4, 0.5) is 0 Å². The minimum absolute atomic E-state index is 0.109. The van der Waals surface area contributed by atoms with Gasteiger partial charge in [-0.3, -0.25) is 0 Å². The summed E-state index contributed by atoms with van der Waals surface area (Å²) in [6.07, 6.45) is 1.41. The van der Waals surface area contributed by atoms with Gasteiger partial charge in [0.2, 0.25) is 0 Å². The predicted molar refractivity (Wildman–Crippen MR) is 33.0 cm³/mol. The SMILES string of the molecule is Cn1cnc2c1C(=O)OC2=O. The van der Waals surface area contributed by atoms with Gasteiger partial charge in [-0.25, -0.2) is 14.6 Å². The van der Waals surface area contributed by atoms with Crippen molar-refractivity contribution >= 4 is 11.9 Å². The monoisotopic (exact) mass is 152 g/mol. The zero-order valence-corrected chi connectivity index (χ0v) is 5.70. The number of rotatable bonds is 0. The molecule has 5 nitrogen and oxygen atoms in total. The van der Waals surface area contributed by atoms with Gasteiger partial charge in [0.1, 0.15) is 0 Å². The fourth-order valence-corrected chi connectivity index (χ4v) is 1.00. The lowest BCUT2D eigenvalue weighted by atomic mass is 10.4. The summed E-state index contributed by atoms with van der Waals surface area (Å²) in [5.74, 6) is -1.28. The Morgan fingerprint density at radius 3 is 2.82 bits per heavy atom. The average Bonchev–Trinajstić information content (AvgIpc) is 2.41. The summed E-state index contributed by atoms with van der Waals surface area (Å²) in [4.78, 5) is 25.3. The van der Waals surface area contributed by atoms with E-state index in [2.05, 4.69) is 9.72 Å². The number of fused-ring (bicyclic) bond motifs is 1. The summed E-state index contributed by atoms with van der Waals surface area (Å²) in [6, 6.07) is 0. The van der Waals surface area contributed by atoms with Crippen LogP contribution < -0.4 is 0 Å². The summed E-state index contributed by atoms with van der Waals surface area (Å²) in [7, 11) is 1.63. The maximum absolute atomic E-state index is 10.9. The maximum atomic E-state index is 10.9. The fourth-order valence-electron chi connectivity index (χ4n) is 1.00. The highest BCUT2D eigenvalue weighted by molar-refractivity contribution is 6.12. The number of ether oxygens (including phenoxy) is 1. The van der Waals surface area contributed by atoms with Crippen molar-refractivity contribution in [2.75, 3.05) is 0 Å². The molecule has 0 saturated heterocycles. The molecule has 0 amide bonds. The average molecular weight is 152 g/mol. The number of imidazole rings is 1. The Bertz CT molecular complexity index is 353. The van der Waals surface area contributed by atoms with Gasteiger partial charge in [0.05, 0.1) is 6.33 Å². The van der Waals surface area contributed by atoms with Crippen molar-refractivity contribution in [1.29, 1.82) is 0 Å². The number of aromatic nitrogens is 2. The Morgan fingerprint density at radius 1 is 1.45 bits per heavy atom. The molecule has 0 fully saturated rings. The van der Waals surface area contributed by atoms with Crippen LogP contribution in [0.3, 0.4) is 0 Å². The lowest BCUT2D eigenvalue weighted by Crippen LogP contribution is -2.03. The van der Waals surface area contributed by atoms with Gasteiger partial charge < -0.3 is 9.30 Å². The zero-order chi connectivity index (χ0) is 8.01. The molecule has 1 aliphatic rings. The van der Waals surface area contributed by atoms with Crippen LogP contribution in [0.25, 0.3) is 0 Å². The molecule has 0 saturated carbocycles. The van der Waals surface area contributed by atoms with Crippen molar-refractivity contribution < 1.29 is 14.3 Å². The van der Waals surface area contributed by atoms with Crippen LogP contribution in [0.5, 0.6) is 0 Å². The molecule has 0 atom stereocenters. The van der Waals surface area contributed by atoms with Gasteiger partial charge in [-0.1, -0.05) is 0 Å². The van der Waals surface area contributed by atoms with E-state index in [-0.39, 0.29) is 11.4 Å². The van der Waals surface area contributed by atoms with Crippen LogP contribution in [0.1, 0.15) is 21.0 Å². The number of esters is 2. The third-order valence-corrected chi connectivity index (χ3v) is 1.51. The van der Waals surface area contributed by atoms with E-state index >= 15 is 0 Å². The molecule has 0 N–H and O–H groups in total. The van der Waals surface area contributed by atoms with Gasteiger partial charge >= 0.3 is 11.9 Å².